The third-order valence-corrected chi connectivity index (χ3v) is 3.61. The number of ether oxygens (including phenoxy) is 2. The molecule has 3 N–H and O–H groups in total. The van der Waals surface area contributed by atoms with Gasteiger partial charge in [-0.2, -0.15) is 0 Å². The van der Waals surface area contributed by atoms with Crippen molar-refractivity contribution in [1.29, 1.82) is 0 Å². The van der Waals surface area contributed by atoms with Crippen molar-refractivity contribution in [2.24, 2.45) is 0 Å². The van der Waals surface area contributed by atoms with Crippen LogP contribution in [0.25, 0.3) is 0 Å². The second kappa shape index (κ2) is 9.00. The van der Waals surface area contributed by atoms with E-state index in [4.69, 9.17) is 19.7 Å². The number of nitrogens with zero attached hydrogens (tertiary/aromatic N) is 1. The smallest absolute Gasteiger partial charge is 0.337 e. The average Bonchev–Trinajstić information content (AvgIpc) is 2.61. The molecule has 1 aromatic heterocycles. The van der Waals surface area contributed by atoms with Crippen LogP contribution in [0.15, 0.2) is 30.5 Å². The molecular weight excluding hydrogens is 354 g/mol. The highest BCUT2D eigenvalue weighted by molar-refractivity contribution is 5.88. The van der Waals surface area contributed by atoms with Crippen LogP contribution in [-0.2, 0) is 5.60 Å². The van der Waals surface area contributed by atoms with E-state index in [9.17, 15) is 14.7 Å². The van der Waals surface area contributed by atoms with Gasteiger partial charge >= 0.3 is 11.9 Å². The number of carboxylic acids is 2. The lowest BCUT2D eigenvalue weighted by molar-refractivity contribution is 0.0683. The molecule has 0 atom stereocenters. The maximum absolute atomic E-state index is 10.7. The molecule has 0 radical (unpaired) electrons. The van der Waals surface area contributed by atoms with Gasteiger partial charge in [0, 0.05) is 11.8 Å². The fraction of sp³-hybridized carbons (Fsp3) is 0.316. The fourth-order valence-corrected chi connectivity index (χ4v) is 2.17. The molecule has 0 aliphatic rings. The number of aromatic carboxylic acids is 2. The summed E-state index contributed by atoms with van der Waals surface area (Å²) in [5.74, 6) is -1.14. The van der Waals surface area contributed by atoms with Crippen molar-refractivity contribution in [2.45, 2.75) is 26.4 Å². The number of rotatable bonds is 5. The van der Waals surface area contributed by atoms with E-state index in [0.717, 1.165) is 0 Å². The van der Waals surface area contributed by atoms with Crippen molar-refractivity contribution >= 4 is 11.9 Å². The standard InChI is InChI=1S/C11H14O4.C8H9NO3/c1-11(2,14)8-5-4-7(10(12)13)6-9(8)15-3;1-5-7(12-2)3-6(4-9-5)8(10)11/h4-6,14H,1-3H3,(H,12,13);3-4H,1-2H3,(H,10,11). The molecule has 0 bridgehead atoms. The SMILES string of the molecule is COc1cc(C(=O)O)ccc1C(C)(C)O.COc1cc(C(=O)O)cnc1C. The molecule has 146 valence electrons. The van der Waals surface area contributed by atoms with Gasteiger partial charge in [-0.3, -0.25) is 4.98 Å². The highest BCUT2D eigenvalue weighted by Gasteiger charge is 2.21. The van der Waals surface area contributed by atoms with Gasteiger partial charge in [-0.05, 0) is 39.0 Å². The Morgan fingerprint density at radius 1 is 0.963 bits per heavy atom. The van der Waals surface area contributed by atoms with Crippen LogP contribution in [0, 0.1) is 6.92 Å². The lowest BCUT2D eigenvalue weighted by Gasteiger charge is -2.20. The third-order valence-electron chi connectivity index (χ3n) is 3.61. The summed E-state index contributed by atoms with van der Waals surface area (Å²) in [4.78, 5) is 25.1. The van der Waals surface area contributed by atoms with Crippen LogP contribution in [0.4, 0.5) is 0 Å². The van der Waals surface area contributed by atoms with E-state index in [2.05, 4.69) is 4.98 Å². The predicted octanol–water partition coefficient (Wildman–Crippen LogP) is 2.72. The summed E-state index contributed by atoms with van der Waals surface area (Å²) in [7, 11) is 2.92. The summed E-state index contributed by atoms with van der Waals surface area (Å²) < 4.78 is 9.95. The first kappa shape index (κ1) is 21.9. The minimum absolute atomic E-state index is 0.137. The predicted molar refractivity (Wildman–Crippen MR) is 97.7 cm³/mol. The summed E-state index contributed by atoms with van der Waals surface area (Å²) in [6, 6.07) is 5.85. The zero-order valence-corrected chi connectivity index (χ0v) is 15.8. The Bertz CT molecular complexity index is 825. The average molecular weight is 377 g/mol. The van der Waals surface area contributed by atoms with Crippen LogP contribution in [0.5, 0.6) is 11.5 Å². The van der Waals surface area contributed by atoms with Crippen LogP contribution in [0.3, 0.4) is 0 Å². The van der Waals surface area contributed by atoms with Gasteiger partial charge in [0.2, 0.25) is 0 Å². The molecule has 1 heterocycles. The van der Waals surface area contributed by atoms with E-state index in [0.29, 0.717) is 22.8 Å². The number of carboxylic acid groups (broad SMARTS) is 2. The molecule has 8 heteroatoms. The van der Waals surface area contributed by atoms with E-state index in [1.54, 1.807) is 26.8 Å². The van der Waals surface area contributed by atoms with Gasteiger partial charge in [0.05, 0.1) is 36.6 Å². The number of carbonyl (C=O) groups is 2. The molecule has 1 aromatic carbocycles. The first-order chi connectivity index (χ1) is 12.5. The molecule has 0 aliphatic heterocycles. The van der Waals surface area contributed by atoms with Gasteiger partial charge in [-0.1, -0.05) is 6.07 Å². The fourth-order valence-electron chi connectivity index (χ4n) is 2.17. The minimum Gasteiger partial charge on any atom is -0.496 e. The second-order valence-corrected chi connectivity index (χ2v) is 6.10. The summed E-state index contributed by atoms with van der Waals surface area (Å²) in [5, 5.41) is 27.2. The first-order valence-corrected chi connectivity index (χ1v) is 7.89. The van der Waals surface area contributed by atoms with E-state index in [-0.39, 0.29) is 11.1 Å². The quantitative estimate of drug-likeness (QED) is 0.726. The van der Waals surface area contributed by atoms with Crippen molar-refractivity contribution in [2.75, 3.05) is 14.2 Å². The van der Waals surface area contributed by atoms with E-state index in [1.165, 1.54) is 38.6 Å². The highest BCUT2D eigenvalue weighted by Crippen LogP contribution is 2.30. The second-order valence-electron chi connectivity index (χ2n) is 6.10. The van der Waals surface area contributed by atoms with Crippen LogP contribution in [0.2, 0.25) is 0 Å². The Kier molecular flexibility index (Phi) is 7.30. The first-order valence-electron chi connectivity index (χ1n) is 7.89. The summed E-state index contributed by atoms with van der Waals surface area (Å²) in [6.45, 7) is 4.99. The summed E-state index contributed by atoms with van der Waals surface area (Å²) >= 11 is 0. The van der Waals surface area contributed by atoms with Crippen LogP contribution >= 0.6 is 0 Å². The van der Waals surface area contributed by atoms with E-state index in [1.807, 2.05) is 0 Å². The number of hydrogen-bond donors (Lipinski definition) is 3. The molecule has 0 saturated heterocycles. The van der Waals surface area contributed by atoms with Crippen LogP contribution in [0.1, 0.15) is 45.8 Å². The molecule has 2 aromatic rings. The lowest BCUT2D eigenvalue weighted by Crippen LogP contribution is -2.17. The molecule has 0 fully saturated rings. The molecule has 0 saturated carbocycles. The Hall–Kier alpha value is -3.13. The largest absolute Gasteiger partial charge is 0.496 e. The van der Waals surface area contributed by atoms with Crippen molar-refractivity contribution in [3.63, 3.8) is 0 Å². The number of aromatic nitrogens is 1. The maximum Gasteiger partial charge on any atom is 0.337 e. The Labute approximate surface area is 157 Å². The summed E-state index contributed by atoms with van der Waals surface area (Å²) in [6.07, 6.45) is 1.31. The van der Waals surface area contributed by atoms with Gasteiger partial charge in [0.15, 0.2) is 0 Å². The lowest BCUT2D eigenvalue weighted by atomic mass is 9.96. The van der Waals surface area contributed by atoms with Crippen molar-refractivity contribution in [3.05, 3.63) is 52.8 Å². The van der Waals surface area contributed by atoms with Crippen molar-refractivity contribution in [3.8, 4) is 11.5 Å². The number of benzene rings is 1. The maximum atomic E-state index is 10.7. The number of hydrogen-bond acceptors (Lipinski definition) is 6. The van der Waals surface area contributed by atoms with Crippen LogP contribution < -0.4 is 9.47 Å². The topological polar surface area (TPSA) is 126 Å². The summed E-state index contributed by atoms with van der Waals surface area (Å²) in [5.41, 5.74) is 0.470. The Balaban J connectivity index is 0.000000277. The molecule has 0 unspecified atom stereocenters. The molecule has 8 nitrogen and oxygen atoms in total. The number of methoxy groups -OCH3 is 2. The van der Waals surface area contributed by atoms with Gasteiger partial charge < -0.3 is 24.8 Å². The molecule has 0 aliphatic carbocycles. The van der Waals surface area contributed by atoms with Gasteiger partial charge in [-0.15, -0.1) is 0 Å². The monoisotopic (exact) mass is 377 g/mol. The van der Waals surface area contributed by atoms with E-state index < -0.39 is 17.5 Å². The minimum atomic E-state index is -1.05. The zero-order chi connectivity index (χ0) is 20.8. The van der Waals surface area contributed by atoms with Crippen molar-refractivity contribution < 1.29 is 34.4 Å². The zero-order valence-electron chi connectivity index (χ0n) is 15.8. The van der Waals surface area contributed by atoms with Gasteiger partial charge in [-0.25, -0.2) is 9.59 Å². The number of pyridine rings is 1. The van der Waals surface area contributed by atoms with Gasteiger partial charge in [0.25, 0.3) is 0 Å². The Morgan fingerprint density at radius 2 is 1.48 bits per heavy atom. The molecule has 2 rings (SSSR count). The molecular formula is C19H23NO7. The van der Waals surface area contributed by atoms with Gasteiger partial charge in [0.1, 0.15) is 11.5 Å². The molecule has 0 spiro atoms. The Morgan fingerprint density at radius 3 is 1.93 bits per heavy atom. The van der Waals surface area contributed by atoms with E-state index >= 15 is 0 Å². The molecule has 0 amide bonds. The highest BCUT2D eigenvalue weighted by atomic mass is 16.5. The number of aliphatic hydroxyl groups is 1. The normalized spacial score (nSPS) is 10.4. The van der Waals surface area contributed by atoms with Crippen LogP contribution in [-0.4, -0.2) is 46.5 Å². The third kappa shape index (κ3) is 5.96. The van der Waals surface area contributed by atoms with Crippen molar-refractivity contribution in [1.82, 2.24) is 4.98 Å². The number of aryl methyl sites for hydroxylation is 1. The molecule has 27 heavy (non-hydrogen) atoms.